The fraction of sp³-hybridized carbons (Fsp3) is 0.294. The predicted octanol–water partition coefficient (Wildman–Crippen LogP) is 2.25. The Morgan fingerprint density at radius 1 is 1.39 bits per heavy atom. The highest BCUT2D eigenvalue weighted by Gasteiger charge is 2.20. The highest BCUT2D eigenvalue weighted by molar-refractivity contribution is 6.31. The number of amides is 1. The van der Waals surface area contributed by atoms with Crippen LogP contribution in [0.4, 0.5) is 0 Å². The Bertz CT molecular complexity index is 726. The molecule has 1 amide bonds. The van der Waals surface area contributed by atoms with Crippen LogP contribution in [0.1, 0.15) is 22.3 Å². The highest BCUT2D eigenvalue weighted by Crippen LogP contribution is 2.18. The normalized spacial score (nSPS) is 19.9. The van der Waals surface area contributed by atoms with Gasteiger partial charge in [0.2, 0.25) is 0 Å². The molecule has 0 radical (unpaired) electrons. The SMILES string of the molecule is O=C(N[C@@H]1C=C[C@H](CO)C1)c1cnn(Cc2ccccc2Cl)c1. The molecule has 1 aliphatic rings. The lowest BCUT2D eigenvalue weighted by Crippen LogP contribution is -2.32. The van der Waals surface area contributed by atoms with Crippen molar-refractivity contribution in [1.29, 1.82) is 0 Å². The fourth-order valence-electron chi connectivity index (χ4n) is 2.64. The Labute approximate surface area is 139 Å². The quantitative estimate of drug-likeness (QED) is 0.826. The van der Waals surface area contributed by atoms with Gasteiger partial charge in [0.15, 0.2) is 0 Å². The number of hydrogen-bond acceptors (Lipinski definition) is 3. The molecular formula is C17H18ClN3O2. The summed E-state index contributed by atoms with van der Waals surface area (Å²) in [6.07, 6.45) is 7.85. The van der Waals surface area contributed by atoms with Crippen molar-refractivity contribution in [3.63, 3.8) is 0 Å². The van der Waals surface area contributed by atoms with Gasteiger partial charge in [0.05, 0.1) is 18.3 Å². The number of hydrogen-bond donors (Lipinski definition) is 2. The average molecular weight is 332 g/mol. The molecule has 6 heteroatoms. The molecular weight excluding hydrogens is 314 g/mol. The van der Waals surface area contributed by atoms with Crippen LogP contribution >= 0.6 is 11.6 Å². The first-order chi connectivity index (χ1) is 11.2. The number of aliphatic hydroxyl groups is 1. The Morgan fingerprint density at radius 2 is 2.22 bits per heavy atom. The van der Waals surface area contributed by atoms with Crippen LogP contribution in [-0.2, 0) is 6.54 Å². The Morgan fingerprint density at radius 3 is 2.96 bits per heavy atom. The summed E-state index contributed by atoms with van der Waals surface area (Å²) in [4.78, 5) is 12.2. The zero-order valence-electron chi connectivity index (χ0n) is 12.5. The van der Waals surface area contributed by atoms with E-state index in [4.69, 9.17) is 16.7 Å². The van der Waals surface area contributed by atoms with Crippen molar-refractivity contribution in [1.82, 2.24) is 15.1 Å². The van der Waals surface area contributed by atoms with E-state index in [0.29, 0.717) is 17.1 Å². The van der Waals surface area contributed by atoms with E-state index in [1.165, 1.54) is 0 Å². The topological polar surface area (TPSA) is 67.2 Å². The average Bonchev–Trinajstić information content (AvgIpc) is 3.19. The number of nitrogens with zero attached hydrogens (tertiary/aromatic N) is 2. The van der Waals surface area contributed by atoms with E-state index in [0.717, 1.165) is 12.0 Å². The van der Waals surface area contributed by atoms with Crippen molar-refractivity contribution < 1.29 is 9.90 Å². The summed E-state index contributed by atoms with van der Waals surface area (Å²) in [5, 5.41) is 16.9. The number of benzene rings is 1. The molecule has 1 aromatic heterocycles. The molecule has 0 saturated carbocycles. The van der Waals surface area contributed by atoms with Gasteiger partial charge >= 0.3 is 0 Å². The van der Waals surface area contributed by atoms with E-state index in [9.17, 15) is 4.79 Å². The molecule has 0 aliphatic heterocycles. The third-order valence-corrected chi connectivity index (χ3v) is 4.28. The van der Waals surface area contributed by atoms with Gasteiger partial charge in [0.25, 0.3) is 5.91 Å². The fourth-order valence-corrected chi connectivity index (χ4v) is 2.83. The number of aliphatic hydroxyl groups excluding tert-OH is 1. The lowest BCUT2D eigenvalue weighted by Gasteiger charge is -2.11. The van der Waals surface area contributed by atoms with Crippen LogP contribution in [-0.4, -0.2) is 33.4 Å². The van der Waals surface area contributed by atoms with Crippen LogP contribution in [0.3, 0.4) is 0 Å². The van der Waals surface area contributed by atoms with Gasteiger partial charge in [-0.15, -0.1) is 0 Å². The zero-order valence-corrected chi connectivity index (χ0v) is 13.3. The lowest BCUT2D eigenvalue weighted by molar-refractivity contribution is 0.0941. The molecule has 0 unspecified atom stereocenters. The molecule has 3 rings (SSSR count). The van der Waals surface area contributed by atoms with Gasteiger partial charge in [-0.05, 0) is 18.1 Å². The van der Waals surface area contributed by atoms with Crippen molar-refractivity contribution in [3.05, 3.63) is 65.0 Å². The molecule has 2 N–H and O–H groups in total. The number of carbonyl (C=O) groups is 1. The van der Waals surface area contributed by atoms with E-state index in [1.807, 2.05) is 36.4 Å². The molecule has 120 valence electrons. The van der Waals surface area contributed by atoms with E-state index < -0.39 is 0 Å². The molecule has 5 nitrogen and oxygen atoms in total. The van der Waals surface area contributed by atoms with Crippen LogP contribution in [0.2, 0.25) is 5.02 Å². The second-order valence-electron chi connectivity index (χ2n) is 5.66. The molecule has 23 heavy (non-hydrogen) atoms. The van der Waals surface area contributed by atoms with E-state index >= 15 is 0 Å². The van der Waals surface area contributed by atoms with Crippen LogP contribution < -0.4 is 5.32 Å². The summed E-state index contributed by atoms with van der Waals surface area (Å²) in [5.41, 5.74) is 1.46. The highest BCUT2D eigenvalue weighted by atomic mass is 35.5. The van der Waals surface area contributed by atoms with E-state index in [2.05, 4.69) is 10.4 Å². The third kappa shape index (κ3) is 3.81. The van der Waals surface area contributed by atoms with Gasteiger partial charge in [-0.2, -0.15) is 5.10 Å². The molecule has 0 spiro atoms. The minimum absolute atomic E-state index is 0.0356. The number of rotatable bonds is 5. The summed E-state index contributed by atoms with van der Waals surface area (Å²) in [6, 6.07) is 7.52. The molecule has 0 saturated heterocycles. The molecule has 2 aromatic rings. The lowest BCUT2D eigenvalue weighted by atomic mass is 10.1. The molecule has 0 fully saturated rings. The van der Waals surface area contributed by atoms with Crippen LogP contribution in [0.25, 0.3) is 0 Å². The number of halogens is 1. The molecule has 0 bridgehead atoms. The van der Waals surface area contributed by atoms with Gasteiger partial charge in [0.1, 0.15) is 0 Å². The van der Waals surface area contributed by atoms with Crippen molar-refractivity contribution in [2.75, 3.05) is 6.61 Å². The summed E-state index contributed by atoms with van der Waals surface area (Å²) < 4.78 is 1.69. The van der Waals surface area contributed by atoms with Gasteiger partial charge in [0, 0.05) is 29.8 Å². The summed E-state index contributed by atoms with van der Waals surface area (Å²) in [6.45, 7) is 0.626. The standard InChI is InChI=1S/C17H18ClN3O2/c18-16-4-2-1-3-13(16)9-21-10-14(8-19-21)17(23)20-15-6-5-12(7-15)11-22/h1-6,8,10,12,15,22H,7,9,11H2,(H,20,23)/t12-,15+/m0/s1. The van der Waals surface area contributed by atoms with E-state index in [1.54, 1.807) is 17.1 Å². The largest absolute Gasteiger partial charge is 0.396 e. The first-order valence-corrected chi connectivity index (χ1v) is 7.89. The zero-order chi connectivity index (χ0) is 16.2. The van der Waals surface area contributed by atoms with Crippen LogP contribution in [0, 0.1) is 5.92 Å². The van der Waals surface area contributed by atoms with Crippen molar-refractivity contribution in [3.8, 4) is 0 Å². The van der Waals surface area contributed by atoms with Gasteiger partial charge in [-0.3, -0.25) is 9.48 Å². The molecule has 2 atom stereocenters. The maximum atomic E-state index is 12.2. The third-order valence-electron chi connectivity index (χ3n) is 3.91. The number of nitrogens with one attached hydrogen (secondary N) is 1. The van der Waals surface area contributed by atoms with Crippen LogP contribution in [0.5, 0.6) is 0 Å². The number of carbonyl (C=O) groups excluding carboxylic acids is 1. The second-order valence-corrected chi connectivity index (χ2v) is 6.07. The Kier molecular flexibility index (Phi) is 4.79. The smallest absolute Gasteiger partial charge is 0.254 e. The summed E-state index contributed by atoms with van der Waals surface area (Å²) >= 11 is 6.14. The predicted molar refractivity (Wildman–Crippen MR) is 88.4 cm³/mol. The van der Waals surface area contributed by atoms with Crippen molar-refractivity contribution >= 4 is 17.5 Å². The van der Waals surface area contributed by atoms with Gasteiger partial charge in [-0.1, -0.05) is 42.0 Å². The number of aromatic nitrogens is 2. The first kappa shape index (κ1) is 15.8. The maximum absolute atomic E-state index is 12.2. The monoisotopic (exact) mass is 331 g/mol. The van der Waals surface area contributed by atoms with Crippen molar-refractivity contribution in [2.45, 2.75) is 19.0 Å². The maximum Gasteiger partial charge on any atom is 0.254 e. The van der Waals surface area contributed by atoms with E-state index in [-0.39, 0.29) is 24.5 Å². The molecule has 1 aromatic carbocycles. The van der Waals surface area contributed by atoms with Gasteiger partial charge in [-0.25, -0.2) is 0 Å². The Hall–Kier alpha value is -2.11. The minimum atomic E-state index is -0.163. The first-order valence-electron chi connectivity index (χ1n) is 7.51. The minimum Gasteiger partial charge on any atom is -0.396 e. The summed E-state index contributed by atoms with van der Waals surface area (Å²) in [7, 11) is 0. The molecule has 1 heterocycles. The Balaban J connectivity index is 1.62. The summed E-state index contributed by atoms with van der Waals surface area (Å²) in [5.74, 6) is -0.0353. The molecule has 1 aliphatic carbocycles. The van der Waals surface area contributed by atoms with Crippen LogP contribution in [0.15, 0.2) is 48.8 Å². The van der Waals surface area contributed by atoms with Crippen molar-refractivity contribution in [2.24, 2.45) is 5.92 Å². The second kappa shape index (κ2) is 6.98. The van der Waals surface area contributed by atoms with Gasteiger partial charge < -0.3 is 10.4 Å².